The molecule has 3 rings (SSSR count). The lowest BCUT2D eigenvalue weighted by Gasteiger charge is -2.10. The van der Waals surface area contributed by atoms with E-state index < -0.39 is 0 Å². The van der Waals surface area contributed by atoms with E-state index in [1.807, 2.05) is 12.3 Å². The van der Waals surface area contributed by atoms with Crippen molar-refractivity contribution >= 4 is 23.5 Å². The van der Waals surface area contributed by atoms with E-state index in [-0.39, 0.29) is 0 Å². The number of nitrogens with zero attached hydrogens (tertiary/aromatic N) is 2. The van der Waals surface area contributed by atoms with Gasteiger partial charge < -0.3 is 9.30 Å². The van der Waals surface area contributed by atoms with E-state index in [1.54, 1.807) is 19.2 Å². The van der Waals surface area contributed by atoms with Gasteiger partial charge in [0.1, 0.15) is 11.4 Å². The van der Waals surface area contributed by atoms with Gasteiger partial charge >= 0.3 is 0 Å². The Morgan fingerprint density at radius 1 is 1.04 bits per heavy atom. The Morgan fingerprint density at radius 3 is 2.56 bits per heavy atom. The van der Waals surface area contributed by atoms with Crippen LogP contribution in [0.5, 0.6) is 5.75 Å². The Balaban J connectivity index is 2.00. The fourth-order valence-electron chi connectivity index (χ4n) is 2.99. The molecule has 1 heterocycles. The molecule has 0 radical (unpaired) electrons. The van der Waals surface area contributed by atoms with E-state index in [9.17, 15) is 0 Å². The van der Waals surface area contributed by atoms with Crippen molar-refractivity contribution in [3.05, 3.63) is 76.1 Å². The van der Waals surface area contributed by atoms with E-state index in [1.165, 1.54) is 11.3 Å². The number of rotatable bonds is 4. The van der Waals surface area contributed by atoms with Crippen LogP contribution in [0.1, 0.15) is 22.5 Å². The Bertz CT molecular complexity index is 941. The molecular weight excluding hydrogens is 332 g/mol. The average molecular weight is 353 g/mol. The highest BCUT2D eigenvalue weighted by molar-refractivity contribution is 6.30. The van der Waals surface area contributed by atoms with Gasteiger partial charge in [-0.25, -0.2) is 0 Å². The summed E-state index contributed by atoms with van der Waals surface area (Å²) < 4.78 is 7.59. The molecule has 2 aromatic carbocycles. The van der Waals surface area contributed by atoms with Gasteiger partial charge in [0.15, 0.2) is 0 Å². The van der Waals surface area contributed by atoms with Gasteiger partial charge in [0, 0.05) is 33.9 Å². The first-order valence-corrected chi connectivity index (χ1v) is 8.51. The molecule has 25 heavy (non-hydrogen) atoms. The highest BCUT2D eigenvalue weighted by Crippen LogP contribution is 2.30. The van der Waals surface area contributed by atoms with Gasteiger partial charge in [0.25, 0.3) is 0 Å². The second-order valence-electron chi connectivity index (χ2n) is 6.08. The summed E-state index contributed by atoms with van der Waals surface area (Å²) in [6.07, 6.45) is 1.86. The number of methoxy groups -OCH3 is 1. The number of hydrogen-bond acceptors (Lipinski definition) is 2. The first-order valence-electron chi connectivity index (χ1n) is 8.13. The summed E-state index contributed by atoms with van der Waals surface area (Å²) in [4.78, 5) is 4.59. The largest absolute Gasteiger partial charge is 0.494 e. The van der Waals surface area contributed by atoms with Crippen LogP contribution >= 0.6 is 11.6 Å². The highest BCUT2D eigenvalue weighted by Gasteiger charge is 2.10. The number of benzene rings is 2. The number of hydrogen-bond donors (Lipinski definition) is 0. The van der Waals surface area contributed by atoms with Gasteiger partial charge in [-0.3, -0.25) is 4.99 Å². The van der Waals surface area contributed by atoms with Crippen molar-refractivity contribution in [2.75, 3.05) is 7.11 Å². The second kappa shape index (κ2) is 7.16. The first-order chi connectivity index (χ1) is 12.0. The lowest BCUT2D eigenvalue weighted by atomic mass is 10.2. The van der Waals surface area contributed by atoms with E-state index in [0.717, 1.165) is 22.6 Å². The van der Waals surface area contributed by atoms with Crippen LogP contribution in [0.2, 0.25) is 5.02 Å². The molecule has 0 aliphatic rings. The quantitative estimate of drug-likeness (QED) is 0.544. The van der Waals surface area contributed by atoms with Crippen LogP contribution in [0, 0.1) is 20.8 Å². The van der Waals surface area contributed by atoms with Gasteiger partial charge in [0.2, 0.25) is 0 Å². The van der Waals surface area contributed by atoms with Crippen molar-refractivity contribution in [2.45, 2.75) is 20.8 Å². The van der Waals surface area contributed by atoms with Crippen LogP contribution in [-0.4, -0.2) is 17.9 Å². The number of aliphatic imine (C=N–C) groups is 1. The molecule has 0 amide bonds. The molecular formula is C21H21ClN2O. The van der Waals surface area contributed by atoms with Gasteiger partial charge in [-0.1, -0.05) is 23.7 Å². The lowest BCUT2D eigenvalue weighted by Crippen LogP contribution is -1.99. The van der Waals surface area contributed by atoms with Crippen molar-refractivity contribution in [1.82, 2.24) is 4.57 Å². The van der Waals surface area contributed by atoms with E-state index in [4.69, 9.17) is 16.3 Å². The molecule has 0 spiro atoms. The Kier molecular flexibility index (Phi) is 4.95. The van der Waals surface area contributed by atoms with Crippen LogP contribution in [0.15, 0.2) is 53.5 Å². The maximum absolute atomic E-state index is 6.08. The zero-order valence-electron chi connectivity index (χ0n) is 14.9. The Labute approximate surface area is 153 Å². The first kappa shape index (κ1) is 17.3. The topological polar surface area (TPSA) is 26.5 Å². The Morgan fingerprint density at radius 2 is 1.84 bits per heavy atom. The Hall–Kier alpha value is -2.52. The van der Waals surface area contributed by atoms with Gasteiger partial charge in [0.05, 0.1) is 7.11 Å². The van der Waals surface area contributed by atoms with Crippen LogP contribution < -0.4 is 4.74 Å². The smallest absolute Gasteiger partial charge is 0.144 e. The van der Waals surface area contributed by atoms with Crippen LogP contribution in [0.3, 0.4) is 0 Å². The van der Waals surface area contributed by atoms with Gasteiger partial charge in [-0.15, -0.1) is 0 Å². The van der Waals surface area contributed by atoms with Crippen molar-refractivity contribution in [1.29, 1.82) is 0 Å². The van der Waals surface area contributed by atoms with Crippen molar-refractivity contribution in [3.63, 3.8) is 0 Å². The molecule has 4 heteroatoms. The minimum atomic E-state index is 0.637. The average Bonchev–Trinajstić information content (AvgIpc) is 2.87. The number of aromatic nitrogens is 1. The third-order valence-electron chi connectivity index (χ3n) is 4.21. The van der Waals surface area contributed by atoms with Crippen LogP contribution in [0.4, 0.5) is 5.69 Å². The fourth-order valence-corrected chi connectivity index (χ4v) is 3.15. The minimum absolute atomic E-state index is 0.637. The molecule has 0 N–H and O–H groups in total. The molecule has 3 aromatic rings. The third-order valence-corrected chi connectivity index (χ3v) is 4.45. The minimum Gasteiger partial charge on any atom is -0.494 e. The summed E-state index contributed by atoms with van der Waals surface area (Å²) in [6, 6.07) is 16.0. The summed E-state index contributed by atoms with van der Waals surface area (Å²) >= 11 is 6.08. The predicted octanol–water partition coefficient (Wildman–Crippen LogP) is 5.82. The third kappa shape index (κ3) is 3.62. The van der Waals surface area contributed by atoms with Gasteiger partial charge in [-0.2, -0.15) is 0 Å². The summed E-state index contributed by atoms with van der Waals surface area (Å²) in [7, 11) is 1.63. The van der Waals surface area contributed by atoms with Crippen LogP contribution in [0.25, 0.3) is 5.69 Å². The molecule has 128 valence electrons. The maximum atomic E-state index is 6.08. The molecule has 0 bridgehead atoms. The van der Waals surface area contributed by atoms with E-state index >= 15 is 0 Å². The molecule has 3 nitrogen and oxygen atoms in total. The zero-order valence-corrected chi connectivity index (χ0v) is 15.6. The van der Waals surface area contributed by atoms with Crippen LogP contribution in [-0.2, 0) is 0 Å². The summed E-state index contributed by atoms with van der Waals surface area (Å²) in [6.45, 7) is 6.31. The summed E-state index contributed by atoms with van der Waals surface area (Å²) in [5.41, 5.74) is 6.51. The number of ether oxygens (including phenoxy) is 1. The lowest BCUT2D eigenvalue weighted by molar-refractivity contribution is 0.416. The normalized spacial score (nSPS) is 11.2. The SMILES string of the molecule is COc1ccc(Cl)cc1N=Cc1cc(C)n(-c2cccc(C)c2)c1C. The van der Waals surface area contributed by atoms with Crippen molar-refractivity contribution in [3.8, 4) is 11.4 Å². The van der Waals surface area contributed by atoms with Gasteiger partial charge in [-0.05, 0) is 62.7 Å². The number of aryl methyl sites for hydroxylation is 2. The molecule has 0 saturated heterocycles. The molecule has 0 saturated carbocycles. The zero-order chi connectivity index (χ0) is 18.0. The predicted molar refractivity (Wildman–Crippen MR) is 105 cm³/mol. The highest BCUT2D eigenvalue weighted by atomic mass is 35.5. The van der Waals surface area contributed by atoms with Crippen molar-refractivity contribution < 1.29 is 4.74 Å². The van der Waals surface area contributed by atoms with E-state index in [0.29, 0.717) is 10.8 Å². The second-order valence-corrected chi connectivity index (χ2v) is 6.51. The van der Waals surface area contributed by atoms with Crippen molar-refractivity contribution in [2.24, 2.45) is 4.99 Å². The summed E-state index contributed by atoms with van der Waals surface area (Å²) in [5, 5.41) is 0.637. The standard InChI is InChI=1S/C21H21ClN2O/c1-14-6-5-7-19(10-14)24-15(2)11-17(16(24)3)13-23-20-12-18(22)8-9-21(20)25-4/h5-13H,1-4H3. The fraction of sp³-hybridized carbons (Fsp3) is 0.190. The molecule has 0 aliphatic carbocycles. The van der Waals surface area contributed by atoms with E-state index in [2.05, 4.69) is 60.7 Å². The monoisotopic (exact) mass is 352 g/mol. The molecule has 0 unspecified atom stereocenters. The molecule has 1 aromatic heterocycles. The maximum Gasteiger partial charge on any atom is 0.144 e. The molecule has 0 aliphatic heterocycles. The summed E-state index contributed by atoms with van der Waals surface area (Å²) in [5.74, 6) is 0.702. The molecule has 0 atom stereocenters. The number of halogens is 1. The molecule has 0 fully saturated rings.